The highest BCUT2D eigenvalue weighted by Crippen LogP contribution is 2.13. The van der Waals surface area contributed by atoms with Crippen molar-refractivity contribution in [2.45, 2.75) is 19.5 Å². The summed E-state index contributed by atoms with van der Waals surface area (Å²) < 4.78 is 0. The zero-order chi connectivity index (χ0) is 18.4. The van der Waals surface area contributed by atoms with E-state index in [1.165, 1.54) is 11.1 Å². The van der Waals surface area contributed by atoms with Crippen molar-refractivity contribution in [2.24, 2.45) is 5.73 Å². The van der Waals surface area contributed by atoms with Gasteiger partial charge in [-0.1, -0.05) is 24.3 Å². The van der Waals surface area contributed by atoms with Gasteiger partial charge < -0.3 is 5.73 Å². The third-order valence-electron chi connectivity index (χ3n) is 4.81. The average Bonchev–Trinajstić information content (AvgIpc) is 2.88. The molecule has 0 aromatic heterocycles. The molecule has 0 atom stereocenters. The number of benzene rings is 2. The van der Waals surface area contributed by atoms with Crippen LogP contribution < -0.4 is 5.73 Å². The molecular weight excluding hydrogens is 324 g/mol. The summed E-state index contributed by atoms with van der Waals surface area (Å²) in [6.45, 7) is 6.02. The van der Waals surface area contributed by atoms with E-state index in [0.717, 1.165) is 45.7 Å². The lowest BCUT2D eigenvalue weighted by molar-refractivity contribution is 0.100. The molecule has 1 heterocycles. The second kappa shape index (κ2) is 8.61. The molecule has 0 spiro atoms. The van der Waals surface area contributed by atoms with Gasteiger partial charge in [0.05, 0.1) is 11.6 Å². The van der Waals surface area contributed by atoms with Gasteiger partial charge in [0.1, 0.15) is 0 Å². The van der Waals surface area contributed by atoms with Gasteiger partial charge in [-0.05, 0) is 54.9 Å². The number of rotatable bonds is 5. The van der Waals surface area contributed by atoms with Gasteiger partial charge in [0, 0.05) is 31.7 Å². The molecule has 1 amide bonds. The van der Waals surface area contributed by atoms with Crippen LogP contribution in [-0.2, 0) is 13.1 Å². The van der Waals surface area contributed by atoms with E-state index in [1.54, 1.807) is 12.1 Å². The molecule has 3 rings (SSSR count). The number of nitrogens with two attached hydrogens (primary N) is 1. The average molecular weight is 348 g/mol. The molecule has 0 bridgehead atoms. The van der Waals surface area contributed by atoms with Gasteiger partial charge >= 0.3 is 0 Å². The summed E-state index contributed by atoms with van der Waals surface area (Å²) in [7, 11) is 0. The molecule has 1 aliphatic rings. The van der Waals surface area contributed by atoms with Gasteiger partial charge in [-0.25, -0.2) is 0 Å². The van der Waals surface area contributed by atoms with Crippen molar-refractivity contribution in [3.63, 3.8) is 0 Å². The summed E-state index contributed by atoms with van der Waals surface area (Å²) in [5.41, 5.74) is 9.01. The van der Waals surface area contributed by atoms with Crippen LogP contribution in [0.15, 0.2) is 48.5 Å². The van der Waals surface area contributed by atoms with Crippen LogP contribution in [-0.4, -0.2) is 41.9 Å². The molecule has 1 saturated heterocycles. The molecule has 0 aliphatic carbocycles. The highest BCUT2D eigenvalue weighted by Gasteiger charge is 2.15. The van der Waals surface area contributed by atoms with E-state index in [-0.39, 0.29) is 5.91 Å². The van der Waals surface area contributed by atoms with E-state index in [1.807, 2.05) is 36.4 Å². The highest BCUT2D eigenvalue weighted by molar-refractivity contribution is 5.92. The Balaban J connectivity index is 1.52. The second-order valence-electron chi connectivity index (χ2n) is 6.78. The minimum absolute atomic E-state index is 0.384. The van der Waals surface area contributed by atoms with Gasteiger partial charge in [-0.3, -0.25) is 14.6 Å². The van der Waals surface area contributed by atoms with Crippen LogP contribution in [0.1, 0.15) is 33.5 Å². The Hall–Kier alpha value is -2.68. The third-order valence-corrected chi connectivity index (χ3v) is 4.81. The number of hydrogen-bond donors (Lipinski definition) is 1. The smallest absolute Gasteiger partial charge is 0.248 e. The highest BCUT2D eigenvalue weighted by atomic mass is 16.1. The molecule has 5 heteroatoms. The Morgan fingerprint density at radius 3 is 1.85 bits per heavy atom. The zero-order valence-electron chi connectivity index (χ0n) is 14.9. The van der Waals surface area contributed by atoms with E-state index in [2.05, 4.69) is 15.9 Å². The van der Waals surface area contributed by atoms with Crippen molar-refractivity contribution in [3.05, 3.63) is 70.8 Å². The van der Waals surface area contributed by atoms with Crippen LogP contribution in [0.3, 0.4) is 0 Å². The number of carbonyl (C=O) groups is 1. The van der Waals surface area contributed by atoms with Crippen LogP contribution in [0.2, 0.25) is 0 Å². The number of nitriles is 1. The van der Waals surface area contributed by atoms with Crippen molar-refractivity contribution in [1.29, 1.82) is 5.26 Å². The van der Waals surface area contributed by atoms with E-state index < -0.39 is 0 Å². The molecule has 2 aromatic carbocycles. The van der Waals surface area contributed by atoms with Gasteiger partial charge in [0.15, 0.2) is 0 Å². The van der Waals surface area contributed by atoms with Crippen molar-refractivity contribution in [2.75, 3.05) is 26.2 Å². The van der Waals surface area contributed by atoms with E-state index in [9.17, 15) is 4.79 Å². The fourth-order valence-corrected chi connectivity index (χ4v) is 3.32. The maximum absolute atomic E-state index is 11.2. The SMILES string of the molecule is N#Cc1ccc(CN2CCCN(Cc3ccc(C(N)=O)cc3)CC2)cc1. The standard InChI is InChI=1S/C21H24N4O/c22-14-17-2-4-18(5-3-17)15-24-10-1-11-25(13-12-24)16-19-6-8-20(9-7-19)21(23)26/h2-9H,1,10-13,15-16H2,(H2,23,26). The third kappa shape index (κ3) is 4.92. The maximum Gasteiger partial charge on any atom is 0.248 e. The van der Waals surface area contributed by atoms with Gasteiger partial charge in [-0.15, -0.1) is 0 Å². The summed E-state index contributed by atoms with van der Waals surface area (Å²) in [5.74, 6) is -0.384. The van der Waals surface area contributed by atoms with Crippen LogP contribution >= 0.6 is 0 Å². The first kappa shape index (κ1) is 18.1. The summed E-state index contributed by atoms with van der Waals surface area (Å²) in [6.07, 6.45) is 1.13. The zero-order valence-corrected chi connectivity index (χ0v) is 14.9. The van der Waals surface area contributed by atoms with Crippen molar-refractivity contribution in [1.82, 2.24) is 9.80 Å². The van der Waals surface area contributed by atoms with E-state index >= 15 is 0 Å². The fraction of sp³-hybridized carbons (Fsp3) is 0.333. The number of amides is 1. The minimum Gasteiger partial charge on any atom is -0.366 e. The topological polar surface area (TPSA) is 73.4 Å². The lowest BCUT2D eigenvalue weighted by Gasteiger charge is -2.22. The predicted octanol–water partition coefficient (Wildman–Crippen LogP) is 2.37. The van der Waals surface area contributed by atoms with Gasteiger partial charge in [0.2, 0.25) is 5.91 Å². The van der Waals surface area contributed by atoms with Crippen LogP contribution in [0.4, 0.5) is 0 Å². The molecular formula is C21H24N4O. The Morgan fingerprint density at radius 2 is 1.38 bits per heavy atom. The second-order valence-corrected chi connectivity index (χ2v) is 6.78. The molecule has 134 valence electrons. The summed E-state index contributed by atoms with van der Waals surface area (Å²) in [6, 6.07) is 17.6. The Bertz CT molecular complexity index is 777. The largest absolute Gasteiger partial charge is 0.366 e. The molecule has 5 nitrogen and oxygen atoms in total. The molecule has 0 saturated carbocycles. The summed E-state index contributed by atoms with van der Waals surface area (Å²) in [5, 5.41) is 8.89. The lowest BCUT2D eigenvalue weighted by Crippen LogP contribution is -2.30. The van der Waals surface area contributed by atoms with Crippen LogP contribution in [0.5, 0.6) is 0 Å². The number of hydrogen-bond acceptors (Lipinski definition) is 4. The molecule has 2 aromatic rings. The lowest BCUT2D eigenvalue weighted by atomic mass is 10.1. The number of primary amides is 1. The van der Waals surface area contributed by atoms with Crippen molar-refractivity contribution in [3.8, 4) is 6.07 Å². The molecule has 26 heavy (non-hydrogen) atoms. The Morgan fingerprint density at radius 1 is 0.885 bits per heavy atom. The monoisotopic (exact) mass is 348 g/mol. The molecule has 2 N–H and O–H groups in total. The number of carbonyl (C=O) groups excluding carboxylic acids is 1. The van der Waals surface area contributed by atoms with Crippen molar-refractivity contribution >= 4 is 5.91 Å². The Kier molecular flexibility index (Phi) is 6.00. The van der Waals surface area contributed by atoms with Crippen LogP contribution in [0.25, 0.3) is 0 Å². The number of nitrogens with zero attached hydrogens (tertiary/aromatic N) is 3. The predicted molar refractivity (Wildman–Crippen MR) is 101 cm³/mol. The minimum atomic E-state index is -0.384. The first-order chi connectivity index (χ1) is 12.6. The molecule has 0 radical (unpaired) electrons. The van der Waals surface area contributed by atoms with Gasteiger partial charge in [0.25, 0.3) is 0 Å². The summed E-state index contributed by atoms with van der Waals surface area (Å²) in [4.78, 5) is 16.1. The van der Waals surface area contributed by atoms with Gasteiger partial charge in [-0.2, -0.15) is 5.26 Å². The quantitative estimate of drug-likeness (QED) is 0.900. The van der Waals surface area contributed by atoms with E-state index in [0.29, 0.717) is 11.1 Å². The summed E-state index contributed by atoms with van der Waals surface area (Å²) >= 11 is 0. The molecule has 1 fully saturated rings. The van der Waals surface area contributed by atoms with Crippen LogP contribution in [0, 0.1) is 11.3 Å². The van der Waals surface area contributed by atoms with Crippen molar-refractivity contribution < 1.29 is 4.79 Å². The first-order valence-corrected chi connectivity index (χ1v) is 8.96. The fourth-order valence-electron chi connectivity index (χ4n) is 3.32. The molecule has 1 aliphatic heterocycles. The normalized spacial score (nSPS) is 16.0. The Labute approximate surface area is 154 Å². The molecule has 0 unspecified atom stereocenters. The maximum atomic E-state index is 11.2. The van der Waals surface area contributed by atoms with E-state index in [4.69, 9.17) is 11.0 Å². The first-order valence-electron chi connectivity index (χ1n) is 8.96.